The summed E-state index contributed by atoms with van der Waals surface area (Å²) < 4.78 is 25.8. The number of carboxylic acids is 1. The molecule has 5 rings (SSSR count). The number of carbonyl (C=O) groups excluding carboxylic acids is 1. The average Bonchev–Trinajstić information content (AvgIpc) is 3.71. The molecule has 6 atom stereocenters. The number of halogens is 2. The van der Waals surface area contributed by atoms with E-state index in [2.05, 4.69) is 10.3 Å². The van der Waals surface area contributed by atoms with E-state index in [1.54, 1.807) is 17.8 Å². The van der Waals surface area contributed by atoms with Gasteiger partial charge in [0, 0.05) is 26.4 Å². The van der Waals surface area contributed by atoms with Crippen LogP contribution in [0.2, 0.25) is 10.0 Å². The number of rotatable bonds is 15. The van der Waals surface area contributed by atoms with Crippen molar-refractivity contribution in [3.63, 3.8) is 0 Å². The van der Waals surface area contributed by atoms with Crippen molar-refractivity contribution in [1.82, 2.24) is 24.5 Å². The molecule has 2 aromatic carbocycles. The predicted molar refractivity (Wildman–Crippen MR) is 178 cm³/mol. The number of ether oxygens (including phenoxy) is 4. The number of nitrogens with zero attached hydrogens (tertiary/aromatic N) is 5. The van der Waals surface area contributed by atoms with Crippen LogP contribution in [-0.4, -0.2) is 107 Å². The standard InChI is InChI=1S/C32H38Cl2N6O10/c1-16-18(31(46)50-29-27(43)26(42)23(14-41)49-32(29)47-2)12-19(33)28(25(16)34)48-15-24-36-21-7-3-4-8-22(21)40(24)10-5-6-17-13-39(38-37-17)11-9-20(35)30(44)45/h3-4,7-8,12-13,20,23,26-27,29,32,41-43H,5-6,9-11,14-15,35H2,1-2H3,(H,44,45)/t20-,23+,26+,27-,29+,32-/m0/s1. The number of hydrogen-bond acceptors (Lipinski definition) is 13. The number of imidazole rings is 1. The molecule has 2 aromatic heterocycles. The number of nitrogens with two attached hydrogens (primary N) is 1. The molecule has 1 fully saturated rings. The van der Waals surface area contributed by atoms with Gasteiger partial charge < -0.3 is 49.7 Å². The van der Waals surface area contributed by atoms with Gasteiger partial charge in [0.25, 0.3) is 0 Å². The molecule has 6 N–H and O–H groups in total. The Bertz CT molecular complexity index is 1820. The van der Waals surface area contributed by atoms with Gasteiger partial charge >= 0.3 is 11.9 Å². The van der Waals surface area contributed by atoms with Gasteiger partial charge in [-0.1, -0.05) is 40.5 Å². The van der Waals surface area contributed by atoms with Gasteiger partial charge in [0.2, 0.25) is 0 Å². The van der Waals surface area contributed by atoms with Crippen LogP contribution in [0.1, 0.15) is 40.3 Å². The summed E-state index contributed by atoms with van der Waals surface area (Å²) >= 11 is 13.2. The van der Waals surface area contributed by atoms with Gasteiger partial charge in [-0.25, -0.2) is 9.78 Å². The van der Waals surface area contributed by atoms with Crippen molar-refractivity contribution in [2.75, 3.05) is 13.7 Å². The molecule has 0 aliphatic carbocycles. The first-order valence-corrected chi connectivity index (χ1v) is 16.5. The highest BCUT2D eigenvalue weighted by Crippen LogP contribution is 2.39. The zero-order valence-corrected chi connectivity index (χ0v) is 28.7. The van der Waals surface area contributed by atoms with E-state index in [-0.39, 0.29) is 39.9 Å². The molecular formula is C32H38Cl2N6O10. The molecule has 0 unspecified atom stereocenters. The number of aryl methyl sites for hydroxylation is 3. The van der Waals surface area contributed by atoms with E-state index in [9.17, 15) is 24.9 Å². The Kier molecular flexibility index (Phi) is 12.3. The Morgan fingerprint density at radius 2 is 1.92 bits per heavy atom. The molecule has 0 saturated carbocycles. The largest absolute Gasteiger partial charge is 0.483 e. The number of carbonyl (C=O) groups is 2. The van der Waals surface area contributed by atoms with Crippen molar-refractivity contribution in [3.05, 3.63) is 69.2 Å². The first-order chi connectivity index (χ1) is 23.9. The maximum atomic E-state index is 13.2. The monoisotopic (exact) mass is 736 g/mol. The van der Waals surface area contributed by atoms with Crippen LogP contribution in [0, 0.1) is 6.92 Å². The lowest BCUT2D eigenvalue weighted by atomic mass is 9.99. The van der Waals surface area contributed by atoms with Crippen LogP contribution in [0.25, 0.3) is 11.0 Å². The third-order valence-corrected chi connectivity index (χ3v) is 9.14. The van der Waals surface area contributed by atoms with E-state index < -0.39 is 55.3 Å². The van der Waals surface area contributed by atoms with E-state index in [1.165, 1.54) is 13.2 Å². The van der Waals surface area contributed by atoms with Crippen molar-refractivity contribution < 1.29 is 49.0 Å². The highest BCUT2D eigenvalue weighted by atomic mass is 35.5. The van der Waals surface area contributed by atoms with Gasteiger partial charge in [-0.05, 0) is 49.9 Å². The maximum Gasteiger partial charge on any atom is 0.339 e. The second kappa shape index (κ2) is 16.4. The quantitative estimate of drug-likeness (QED) is 0.110. The minimum Gasteiger partial charge on any atom is -0.483 e. The number of esters is 1. The second-order valence-corrected chi connectivity index (χ2v) is 12.5. The fraction of sp³-hybridized carbons (Fsp3) is 0.469. The summed E-state index contributed by atoms with van der Waals surface area (Å²) in [5.41, 5.74) is 8.26. The molecule has 0 radical (unpaired) electrons. The SMILES string of the molecule is CO[C@H]1O[C@H](CO)[C@@H](O)[C@H](O)[C@H]1OC(=O)c1cc(Cl)c(OCc2nc3ccccc3n2CCCc2cn(CC[C@H](N)C(=O)O)nn2)c(Cl)c1C. The van der Waals surface area contributed by atoms with Crippen molar-refractivity contribution in [3.8, 4) is 5.75 Å². The summed E-state index contributed by atoms with van der Waals surface area (Å²) in [5.74, 6) is -1.25. The number of aliphatic carboxylic acids is 1. The molecule has 0 amide bonds. The number of methoxy groups -OCH3 is 1. The highest BCUT2D eigenvalue weighted by Gasteiger charge is 2.47. The van der Waals surface area contributed by atoms with E-state index >= 15 is 0 Å². The molecule has 18 heteroatoms. The van der Waals surface area contributed by atoms with Gasteiger partial charge in [-0.15, -0.1) is 5.10 Å². The molecule has 3 heterocycles. The number of aliphatic hydroxyl groups is 3. The van der Waals surface area contributed by atoms with Crippen molar-refractivity contribution in [1.29, 1.82) is 0 Å². The number of aliphatic hydroxyl groups excluding tert-OH is 3. The smallest absolute Gasteiger partial charge is 0.339 e. The molecule has 0 spiro atoms. The average molecular weight is 738 g/mol. The molecule has 0 bridgehead atoms. The molecule has 270 valence electrons. The third kappa shape index (κ3) is 8.19. The molecule has 4 aromatic rings. The summed E-state index contributed by atoms with van der Waals surface area (Å²) in [6, 6.07) is 7.98. The lowest BCUT2D eigenvalue weighted by Gasteiger charge is -2.40. The predicted octanol–water partition coefficient (Wildman–Crippen LogP) is 1.87. The van der Waals surface area contributed by atoms with E-state index in [1.807, 2.05) is 28.8 Å². The minimum absolute atomic E-state index is 0.0115. The number of hydrogen-bond donors (Lipinski definition) is 5. The van der Waals surface area contributed by atoms with Crippen LogP contribution >= 0.6 is 23.2 Å². The second-order valence-electron chi connectivity index (χ2n) is 11.8. The van der Waals surface area contributed by atoms with Gasteiger partial charge in [0.15, 0.2) is 18.1 Å². The summed E-state index contributed by atoms with van der Waals surface area (Å²) in [6.07, 6.45) is -3.66. The van der Waals surface area contributed by atoms with Crippen LogP contribution in [-0.2, 0) is 45.1 Å². The Morgan fingerprint density at radius 3 is 2.64 bits per heavy atom. The Hall–Kier alpha value is -3.87. The highest BCUT2D eigenvalue weighted by molar-refractivity contribution is 6.38. The minimum atomic E-state index is -1.60. The topological polar surface area (TPSA) is 227 Å². The number of fused-ring (bicyclic) bond motifs is 1. The number of carboxylic acid groups (broad SMARTS) is 1. The number of benzene rings is 2. The van der Waals surface area contributed by atoms with E-state index in [4.69, 9.17) is 58.0 Å². The van der Waals surface area contributed by atoms with Crippen molar-refractivity contribution >= 4 is 46.2 Å². The summed E-state index contributed by atoms with van der Waals surface area (Å²) in [7, 11) is 1.27. The van der Waals surface area contributed by atoms with Crippen molar-refractivity contribution in [2.24, 2.45) is 5.73 Å². The first-order valence-electron chi connectivity index (χ1n) is 15.7. The summed E-state index contributed by atoms with van der Waals surface area (Å²) in [4.78, 5) is 29.0. The molecule has 1 aliphatic rings. The maximum absolute atomic E-state index is 13.2. The van der Waals surface area contributed by atoms with Crippen LogP contribution in [0.4, 0.5) is 0 Å². The summed E-state index contributed by atoms with van der Waals surface area (Å²) in [6.45, 7) is 1.88. The molecule has 16 nitrogen and oxygen atoms in total. The molecule has 1 aliphatic heterocycles. The fourth-order valence-corrected chi connectivity index (χ4v) is 6.16. The van der Waals surface area contributed by atoms with Crippen LogP contribution < -0.4 is 10.5 Å². The van der Waals surface area contributed by atoms with Gasteiger partial charge in [0.05, 0.1) is 38.9 Å². The van der Waals surface area contributed by atoms with Gasteiger partial charge in [-0.3, -0.25) is 9.48 Å². The van der Waals surface area contributed by atoms with Crippen molar-refractivity contribution in [2.45, 2.75) is 82.6 Å². The Balaban J connectivity index is 1.27. The Morgan fingerprint density at radius 1 is 1.16 bits per heavy atom. The van der Waals surface area contributed by atoms with Gasteiger partial charge in [-0.2, -0.15) is 0 Å². The van der Waals surface area contributed by atoms with Gasteiger partial charge in [0.1, 0.15) is 36.8 Å². The number of para-hydroxylation sites is 2. The van der Waals surface area contributed by atoms with Crippen LogP contribution in [0.15, 0.2) is 36.5 Å². The zero-order chi connectivity index (χ0) is 36.1. The summed E-state index contributed by atoms with van der Waals surface area (Å²) in [5, 5.41) is 47.6. The fourth-order valence-electron chi connectivity index (χ4n) is 5.59. The normalized spacial score (nSPS) is 21.3. The lowest BCUT2D eigenvalue weighted by molar-refractivity contribution is -0.293. The first kappa shape index (κ1) is 37.4. The molecular weight excluding hydrogens is 699 g/mol. The molecule has 50 heavy (non-hydrogen) atoms. The number of aromatic nitrogens is 5. The van der Waals surface area contributed by atoms with E-state index in [0.717, 1.165) is 16.7 Å². The molecule has 1 saturated heterocycles. The zero-order valence-electron chi connectivity index (χ0n) is 27.2. The third-order valence-electron chi connectivity index (χ3n) is 8.41. The lowest BCUT2D eigenvalue weighted by Crippen LogP contribution is -2.60. The van der Waals surface area contributed by atoms with Crippen LogP contribution in [0.3, 0.4) is 0 Å². The van der Waals surface area contributed by atoms with E-state index in [0.29, 0.717) is 31.8 Å². The van der Waals surface area contributed by atoms with Crippen LogP contribution in [0.5, 0.6) is 5.75 Å². The Labute approximate surface area is 296 Å².